The minimum Gasteiger partial charge on any atom is -0.457 e. The van der Waals surface area contributed by atoms with Gasteiger partial charge in [-0.1, -0.05) is 42.3 Å². The van der Waals surface area contributed by atoms with Crippen molar-refractivity contribution in [3.63, 3.8) is 0 Å². The fraction of sp³-hybridized carbons (Fsp3) is 0.519. The van der Waals surface area contributed by atoms with Crippen LogP contribution >= 0.6 is 23.2 Å². The van der Waals surface area contributed by atoms with Gasteiger partial charge < -0.3 is 33.5 Å². The number of imidazole rings is 1. The molecule has 0 unspecified atom stereocenters. The van der Waals surface area contributed by atoms with Crippen LogP contribution in [0.25, 0.3) is 11.3 Å². The standard InChI is InChI=1S/C54H69Cl2FN6O8/c1-12-36-25-48(65)62(34(2)45(64)24-38(32-69-11)49(66)60(10)54(22-13-23-61(33-54)50(36)67)28-35-14-18-39(55)19-15-35)30-42-43(57)26-40(56)27-46(42)70-41-20-16-37(17-21-41)44-29-58-47(59(44)9)31-63(52(3,4)5)51(68)71-53(6,7)8/h14-21,26-27,29,34,36,38H,12-13,22-25,28,30-33H2,1-11H3/t34-,36+,38-,54+/m0/s1. The molecule has 4 amide bonds. The van der Waals surface area contributed by atoms with Gasteiger partial charge in [0.05, 0.1) is 49.1 Å². The number of carbonyl (C=O) groups excluding carboxylic acids is 5. The molecule has 1 aromatic heterocycles. The third-order valence-electron chi connectivity index (χ3n) is 13.7. The summed E-state index contributed by atoms with van der Waals surface area (Å²) in [6.45, 7) is 15.1. The molecule has 14 nitrogen and oxygen atoms in total. The largest absolute Gasteiger partial charge is 0.457 e. The lowest BCUT2D eigenvalue weighted by atomic mass is 9.80. The van der Waals surface area contributed by atoms with Crippen LogP contribution in [0.3, 0.4) is 0 Å². The zero-order valence-electron chi connectivity index (χ0n) is 42.9. The highest BCUT2D eigenvalue weighted by molar-refractivity contribution is 6.31. The molecule has 4 aromatic rings. The lowest BCUT2D eigenvalue weighted by Gasteiger charge is -2.50. The number of hydrogen-bond donors (Lipinski definition) is 0. The molecule has 384 valence electrons. The van der Waals surface area contributed by atoms with E-state index < -0.39 is 64.7 Å². The number of rotatable bonds is 12. The number of likely N-dealkylation sites (N-methyl/N-ethyl adjacent to an activating group) is 1. The van der Waals surface area contributed by atoms with E-state index in [0.717, 1.165) is 22.9 Å². The van der Waals surface area contributed by atoms with Gasteiger partial charge in [0.25, 0.3) is 0 Å². The summed E-state index contributed by atoms with van der Waals surface area (Å²) >= 11 is 12.7. The van der Waals surface area contributed by atoms with Crippen molar-refractivity contribution < 1.29 is 42.6 Å². The number of ether oxygens (including phenoxy) is 3. The van der Waals surface area contributed by atoms with Gasteiger partial charge >= 0.3 is 6.09 Å². The SMILES string of the molecule is CC[C@@H]1CC(=O)N(Cc2c(F)cc(Cl)cc2Oc2ccc(-c3cnc(CN(C(=O)OC(C)(C)C)C(C)(C)C)n3C)cc2)[C@@H](C)C(=O)C[C@@H](COC)C(=O)N(C)[C@@]2(Cc3ccc(Cl)cc3)CCCN(C2)C1=O. The second-order valence-electron chi connectivity index (χ2n) is 21.0. The molecule has 6 rings (SSSR count). The van der Waals surface area contributed by atoms with E-state index in [1.165, 1.54) is 18.1 Å². The van der Waals surface area contributed by atoms with E-state index in [1.807, 2.05) is 84.3 Å². The van der Waals surface area contributed by atoms with E-state index in [2.05, 4.69) is 4.98 Å². The number of Topliss-reactive ketones (excluding diaryl/α,β-unsaturated/α-hetero) is 1. The summed E-state index contributed by atoms with van der Waals surface area (Å²) in [5.74, 6) is -2.98. The molecule has 0 aliphatic carbocycles. The third kappa shape index (κ3) is 13.1. The number of ketones is 1. The van der Waals surface area contributed by atoms with Gasteiger partial charge in [-0.05, 0) is 128 Å². The number of aromatic nitrogens is 2. The number of amides is 4. The minimum atomic E-state index is -1.15. The number of fused-ring (bicyclic) bond motifs is 2. The van der Waals surface area contributed by atoms with Gasteiger partial charge in [-0.2, -0.15) is 0 Å². The van der Waals surface area contributed by atoms with Gasteiger partial charge in [-0.25, -0.2) is 14.2 Å². The van der Waals surface area contributed by atoms with Crippen molar-refractivity contribution in [3.05, 3.63) is 99.7 Å². The minimum absolute atomic E-state index is 0.0179. The third-order valence-corrected chi connectivity index (χ3v) is 14.1. The number of benzene rings is 3. The lowest BCUT2D eigenvalue weighted by molar-refractivity contribution is -0.154. The van der Waals surface area contributed by atoms with Gasteiger partial charge in [0.15, 0.2) is 5.78 Å². The quantitative estimate of drug-likeness (QED) is 0.135. The summed E-state index contributed by atoms with van der Waals surface area (Å²) in [6, 6.07) is 15.9. The molecule has 0 saturated carbocycles. The summed E-state index contributed by atoms with van der Waals surface area (Å²) in [5, 5.41) is 0.621. The first kappa shape index (κ1) is 54.8. The van der Waals surface area contributed by atoms with Crippen LogP contribution in [0.5, 0.6) is 11.5 Å². The molecule has 2 saturated heterocycles. The lowest BCUT2D eigenvalue weighted by Crippen LogP contribution is -2.63. The van der Waals surface area contributed by atoms with Crippen molar-refractivity contribution in [2.75, 3.05) is 33.9 Å². The van der Waals surface area contributed by atoms with Crippen molar-refractivity contribution in [2.45, 2.75) is 130 Å². The van der Waals surface area contributed by atoms with Gasteiger partial charge in [-0.3, -0.25) is 24.1 Å². The predicted octanol–water partition coefficient (Wildman–Crippen LogP) is 10.3. The summed E-state index contributed by atoms with van der Waals surface area (Å²) in [5.41, 5.74) is 0.398. The smallest absolute Gasteiger partial charge is 0.411 e. The number of piperidine rings is 1. The molecule has 2 fully saturated rings. The average molecular weight is 1020 g/mol. The highest BCUT2D eigenvalue weighted by atomic mass is 35.5. The summed E-state index contributed by atoms with van der Waals surface area (Å²) in [7, 11) is 5.05. The fourth-order valence-corrected chi connectivity index (χ4v) is 9.80. The maximum Gasteiger partial charge on any atom is 0.411 e. The predicted molar refractivity (Wildman–Crippen MR) is 272 cm³/mol. The first-order valence-electron chi connectivity index (χ1n) is 24.2. The maximum absolute atomic E-state index is 16.3. The van der Waals surface area contributed by atoms with E-state index in [9.17, 15) is 24.0 Å². The number of halogens is 3. The van der Waals surface area contributed by atoms with Crippen LogP contribution < -0.4 is 4.74 Å². The summed E-state index contributed by atoms with van der Waals surface area (Å²) in [4.78, 5) is 82.7. The Morgan fingerprint density at radius 2 is 1.59 bits per heavy atom. The van der Waals surface area contributed by atoms with Crippen molar-refractivity contribution >= 4 is 52.8 Å². The molecule has 3 heterocycles. The molecule has 71 heavy (non-hydrogen) atoms. The Bertz CT molecular complexity index is 2580. The van der Waals surface area contributed by atoms with Gasteiger partial charge in [0.1, 0.15) is 28.7 Å². The van der Waals surface area contributed by atoms with Crippen LogP contribution in [0.2, 0.25) is 10.0 Å². The molecule has 17 heteroatoms. The second kappa shape index (κ2) is 22.5. The molecule has 0 radical (unpaired) electrons. The van der Waals surface area contributed by atoms with Crippen molar-refractivity contribution in [1.82, 2.24) is 29.2 Å². The first-order valence-corrected chi connectivity index (χ1v) is 25.0. The van der Waals surface area contributed by atoms with E-state index in [0.29, 0.717) is 48.8 Å². The number of methoxy groups -OCH3 is 1. The number of carbonyl (C=O) groups is 5. The Kier molecular flexibility index (Phi) is 17.4. The zero-order chi connectivity index (χ0) is 52.2. The highest BCUT2D eigenvalue weighted by Crippen LogP contribution is 2.37. The van der Waals surface area contributed by atoms with E-state index in [4.69, 9.17) is 37.4 Å². The molecular formula is C54H69Cl2FN6O8. The molecule has 2 aliphatic heterocycles. The monoisotopic (exact) mass is 1020 g/mol. The van der Waals surface area contributed by atoms with E-state index in [1.54, 1.807) is 59.1 Å². The summed E-state index contributed by atoms with van der Waals surface area (Å²) < 4.78 is 35.8. The molecule has 3 aromatic carbocycles. The molecular weight excluding hydrogens is 951 g/mol. The van der Waals surface area contributed by atoms with Crippen LogP contribution in [-0.2, 0) is 55.2 Å². The molecule has 0 N–H and O–H groups in total. The summed E-state index contributed by atoms with van der Waals surface area (Å²) in [6.07, 6.45) is 2.76. The van der Waals surface area contributed by atoms with Crippen LogP contribution in [0, 0.1) is 17.7 Å². The first-order chi connectivity index (χ1) is 33.3. The van der Waals surface area contributed by atoms with Crippen molar-refractivity contribution in [3.8, 4) is 22.8 Å². The van der Waals surface area contributed by atoms with Gasteiger partial charge in [-0.15, -0.1) is 0 Å². The average Bonchev–Trinajstić information content (AvgIpc) is 3.67. The number of hydrogen-bond acceptors (Lipinski definition) is 9. The Balaban J connectivity index is 1.29. The van der Waals surface area contributed by atoms with Crippen LogP contribution in [0.1, 0.15) is 104 Å². The fourth-order valence-electron chi connectivity index (χ4n) is 9.48. The van der Waals surface area contributed by atoms with Gasteiger partial charge in [0.2, 0.25) is 17.7 Å². The Hall–Kier alpha value is -5.51. The van der Waals surface area contributed by atoms with E-state index in [-0.39, 0.29) is 60.7 Å². The highest BCUT2D eigenvalue weighted by Gasteiger charge is 2.46. The molecule has 4 atom stereocenters. The van der Waals surface area contributed by atoms with Crippen LogP contribution in [0.4, 0.5) is 9.18 Å². The van der Waals surface area contributed by atoms with Crippen molar-refractivity contribution in [2.24, 2.45) is 18.9 Å². The number of nitrogens with zero attached hydrogens (tertiary/aromatic N) is 6. The van der Waals surface area contributed by atoms with Gasteiger partial charge in [0, 0.05) is 79.8 Å². The Labute approximate surface area is 427 Å². The Morgan fingerprint density at radius 1 is 0.915 bits per heavy atom. The topological polar surface area (TPSA) is 144 Å². The molecule has 2 aliphatic rings. The molecule has 2 bridgehead atoms. The second-order valence-corrected chi connectivity index (χ2v) is 21.8. The van der Waals surface area contributed by atoms with Crippen LogP contribution in [-0.4, -0.2) is 115 Å². The zero-order valence-corrected chi connectivity index (χ0v) is 44.5. The maximum atomic E-state index is 16.3. The Morgan fingerprint density at radius 3 is 2.21 bits per heavy atom. The van der Waals surface area contributed by atoms with Crippen molar-refractivity contribution in [1.29, 1.82) is 0 Å². The normalized spacial score (nSPS) is 20.8. The van der Waals surface area contributed by atoms with E-state index >= 15 is 4.39 Å². The van der Waals surface area contributed by atoms with Crippen LogP contribution in [0.15, 0.2) is 66.9 Å². The molecule has 0 spiro atoms.